The van der Waals surface area contributed by atoms with Gasteiger partial charge in [-0.15, -0.1) is 13.2 Å². The van der Waals surface area contributed by atoms with E-state index in [1.807, 2.05) is 36.5 Å². The molecule has 0 radical (unpaired) electrons. The molecule has 10 nitrogen and oxygen atoms in total. The third kappa shape index (κ3) is 13.0. The number of fused-ring (bicyclic) bond motifs is 2. The number of nitrogens with two attached hydrogens (primary N) is 3. The predicted octanol–water partition coefficient (Wildman–Crippen LogP) is 11.0. The molecule has 5 aromatic carbocycles. The number of benzene rings is 5. The summed E-state index contributed by atoms with van der Waals surface area (Å²) >= 11 is 13.0. The van der Waals surface area contributed by atoms with Gasteiger partial charge in [-0.25, -0.2) is 0 Å². The molecule has 9 rings (SSSR count). The number of hydrogen-bond donors (Lipinski definition) is 3. The molecular formula is C55H61Cl2F6N9O. The van der Waals surface area contributed by atoms with Crippen molar-refractivity contribution in [3.05, 3.63) is 147 Å². The Morgan fingerprint density at radius 2 is 1.14 bits per heavy atom. The fourth-order valence-electron chi connectivity index (χ4n) is 10.4. The van der Waals surface area contributed by atoms with Crippen LogP contribution in [0.2, 0.25) is 10.0 Å². The molecule has 0 amide bonds. The molecule has 1 atom stereocenters. The SMILES string of the molecule is NCCCn1cc(-c2ccc(C(N)CCn3cc(-c4ccc(OC(F)(F)F)cc4)c4cc(CN5CCN(CC(F)(F)F)CC5)ccc43)cc2CN)c2cc(CN3CCN(Cc4c(Cl)cccc4Cl)CC3)ccc21. The summed E-state index contributed by atoms with van der Waals surface area (Å²) < 4.78 is 86.9. The first-order valence-electron chi connectivity index (χ1n) is 24.8. The standard InChI is InChI=1S/C55H61Cl2F6N9O/c56-49-3-1-4-50(57)48(49)33-69-21-19-67(20-22-69)32-38-6-14-53-45(28-38)47(35-71(53)17-2-16-64)43-12-9-40(29-41(43)30-65)51(66)15-18-72-34-46(39-7-10-42(11-8-39)73-55(61,62)63)44-27-37(5-13-52(44)72)31-68-23-25-70(26-24-68)36-54(58,59)60/h1,3-14,27-29,34-35,51H,2,15-26,30-33,36,64-66H2. The predicted molar refractivity (Wildman–Crippen MR) is 279 cm³/mol. The van der Waals surface area contributed by atoms with Crippen molar-refractivity contribution in [2.24, 2.45) is 17.2 Å². The van der Waals surface area contributed by atoms with Gasteiger partial charge in [0.15, 0.2) is 0 Å². The fraction of sp³-hybridized carbons (Fsp3) is 0.382. The fourth-order valence-corrected chi connectivity index (χ4v) is 10.9. The van der Waals surface area contributed by atoms with Crippen LogP contribution in [-0.4, -0.2) is 107 Å². The molecule has 0 saturated carbocycles. The van der Waals surface area contributed by atoms with Crippen LogP contribution >= 0.6 is 23.2 Å². The molecule has 0 bridgehead atoms. The lowest BCUT2D eigenvalue weighted by atomic mass is 9.93. The van der Waals surface area contributed by atoms with Gasteiger partial charge in [0.1, 0.15) is 5.75 Å². The topological polar surface area (TPSA) is 110 Å². The van der Waals surface area contributed by atoms with Crippen molar-refractivity contribution in [3.8, 4) is 28.0 Å². The Kier molecular flexibility index (Phi) is 16.4. The van der Waals surface area contributed by atoms with Gasteiger partial charge in [-0.05, 0) is 101 Å². The number of aromatic nitrogens is 2. The average Bonchev–Trinajstić information content (AvgIpc) is 3.91. The number of rotatable bonds is 18. The van der Waals surface area contributed by atoms with Crippen molar-refractivity contribution in [2.45, 2.75) is 70.7 Å². The number of ether oxygens (including phenoxy) is 1. The van der Waals surface area contributed by atoms with Crippen LogP contribution in [0.5, 0.6) is 5.75 Å². The van der Waals surface area contributed by atoms with E-state index in [0.717, 1.165) is 113 Å². The first kappa shape index (κ1) is 52.7. The molecule has 0 aliphatic carbocycles. The number of aryl methyl sites for hydroxylation is 2. The highest BCUT2D eigenvalue weighted by Crippen LogP contribution is 2.38. The quantitative estimate of drug-likeness (QED) is 0.0729. The van der Waals surface area contributed by atoms with Crippen LogP contribution in [0, 0.1) is 0 Å². The van der Waals surface area contributed by atoms with Crippen LogP contribution in [0.3, 0.4) is 0 Å². The Morgan fingerprint density at radius 1 is 0.589 bits per heavy atom. The molecule has 2 aromatic heterocycles. The Balaban J connectivity index is 0.923. The molecule has 73 heavy (non-hydrogen) atoms. The van der Waals surface area contributed by atoms with Gasteiger partial charge in [-0.3, -0.25) is 19.6 Å². The molecule has 0 spiro atoms. The lowest BCUT2D eigenvalue weighted by molar-refractivity contribution is -0.274. The van der Waals surface area contributed by atoms with Gasteiger partial charge in [0.25, 0.3) is 0 Å². The number of piperazine rings is 2. The summed E-state index contributed by atoms with van der Waals surface area (Å²) in [7, 11) is 0. The van der Waals surface area contributed by atoms with Crippen LogP contribution in [0.25, 0.3) is 44.1 Å². The summed E-state index contributed by atoms with van der Waals surface area (Å²) in [5.74, 6) is -0.320. The van der Waals surface area contributed by atoms with E-state index in [1.165, 1.54) is 22.6 Å². The van der Waals surface area contributed by atoms with E-state index >= 15 is 0 Å². The van der Waals surface area contributed by atoms with E-state index < -0.39 is 19.1 Å². The molecule has 2 fully saturated rings. The van der Waals surface area contributed by atoms with Crippen molar-refractivity contribution in [2.75, 3.05) is 65.4 Å². The van der Waals surface area contributed by atoms with Gasteiger partial charge in [0.05, 0.1) is 6.54 Å². The van der Waals surface area contributed by atoms with E-state index in [4.69, 9.17) is 40.4 Å². The second kappa shape index (κ2) is 22.8. The lowest BCUT2D eigenvalue weighted by Crippen LogP contribution is -2.48. The van der Waals surface area contributed by atoms with Gasteiger partial charge in [-0.2, -0.15) is 13.2 Å². The number of nitrogens with zero attached hydrogens (tertiary/aromatic N) is 6. The largest absolute Gasteiger partial charge is 0.573 e. The summed E-state index contributed by atoms with van der Waals surface area (Å²) in [5, 5.41) is 3.43. The highest BCUT2D eigenvalue weighted by Gasteiger charge is 2.33. The summed E-state index contributed by atoms with van der Waals surface area (Å²) in [6, 6.07) is 30.3. The van der Waals surface area contributed by atoms with E-state index in [-0.39, 0.29) is 11.8 Å². The Labute approximate surface area is 431 Å². The highest BCUT2D eigenvalue weighted by atomic mass is 35.5. The molecule has 388 valence electrons. The minimum Gasteiger partial charge on any atom is -0.406 e. The Bertz CT molecular complexity index is 2980. The molecule has 2 aliphatic rings. The summed E-state index contributed by atoms with van der Waals surface area (Å²) in [6.07, 6.45) is -3.45. The first-order chi connectivity index (χ1) is 35.0. The zero-order chi connectivity index (χ0) is 51.4. The number of hydrogen-bond acceptors (Lipinski definition) is 8. The molecule has 6 N–H and O–H groups in total. The average molecular weight is 1050 g/mol. The van der Waals surface area contributed by atoms with Gasteiger partial charge in [-0.1, -0.05) is 71.7 Å². The van der Waals surface area contributed by atoms with Crippen LogP contribution in [0.1, 0.15) is 46.7 Å². The van der Waals surface area contributed by atoms with Gasteiger partial charge >= 0.3 is 12.5 Å². The Hall–Kier alpha value is -5.14. The summed E-state index contributed by atoms with van der Waals surface area (Å²) in [5.41, 5.74) is 30.4. The van der Waals surface area contributed by atoms with E-state index in [0.29, 0.717) is 74.4 Å². The number of halogens is 8. The molecule has 2 saturated heterocycles. The van der Waals surface area contributed by atoms with E-state index in [9.17, 15) is 26.3 Å². The van der Waals surface area contributed by atoms with Crippen LogP contribution in [0.15, 0.2) is 109 Å². The monoisotopic (exact) mass is 1050 g/mol. The van der Waals surface area contributed by atoms with Crippen molar-refractivity contribution < 1.29 is 31.1 Å². The summed E-state index contributed by atoms with van der Waals surface area (Å²) in [4.78, 5) is 8.45. The van der Waals surface area contributed by atoms with E-state index in [1.54, 1.807) is 12.1 Å². The minimum absolute atomic E-state index is 0.304. The first-order valence-corrected chi connectivity index (χ1v) is 25.5. The van der Waals surface area contributed by atoms with Crippen molar-refractivity contribution in [3.63, 3.8) is 0 Å². The molecular weight excluding hydrogens is 988 g/mol. The van der Waals surface area contributed by atoms with Crippen LogP contribution in [0.4, 0.5) is 26.3 Å². The third-order valence-corrected chi connectivity index (χ3v) is 14.9. The Morgan fingerprint density at radius 3 is 1.70 bits per heavy atom. The summed E-state index contributed by atoms with van der Waals surface area (Å²) in [6.45, 7) is 8.63. The molecule has 18 heteroatoms. The van der Waals surface area contributed by atoms with E-state index in [2.05, 4.69) is 77.2 Å². The second-order valence-corrected chi connectivity index (χ2v) is 20.1. The minimum atomic E-state index is -4.82. The second-order valence-electron chi connectivity index (χ2n) is 19.3. The van der Waals surface area contributed by atoms with Crippen molar-refractivity contribution in [1.82, 2.24) is 28.7 Å². The molecule has 4 heterocycles. The van der Waals surface area contributed by atoms with Crippen LogP contribution in [-0.2, 0) is 39.3 Å². The normalized spacial score (nSPS) is 16.3. The smallest absolute Gasteiger partial charge is 0.406 e. The van der Waals surface area contributed by atoms with Gasteiger partial charge < -0.3 is 31.1 Å². The number of alkyl halides is 6. The van der Waals surface area contributed by atoms with Crippen LogP contribution < -0.4 is 21.9 Å². The maximum Gasteiger partial charge on any atom is 0.573 e. The molecule has 2 aliphatic heterocycles. The third-order valence-electron chi connectivity index (χ3n) is 14.2. The maximum atomic E-state index is 13.1. The highest BCUT2D eigenvalue weighted by molar-refractivity contribution is 6.36. The maximum absolute atomic E-state index is 13.1. The molecule has 1 unspecified atom stereocenters. The van der Waals surface area contributed by atoms with Crippen molar-refractivity contribution >= 4 is 45.0 Å². The van der Waals surface area contributed by atoms with Gasteiger partial charge in [0, 0.05) is 159 Å². The lowest BCUT2D eigenvalue weighted by Gasteiger charge is -2.35. The molecule has 7 aromatic rings. The zero-order valence-corrected chi connectivity index (χ0v) is 42.1. The zero-order valence-electron chi connectivity index (χ0n) is 40.5. The van der Waals surface area contributed by atoms with Crippen molar-refractivity contribution in [1.29, 1.82) is 0 Å². The van der Waals surface area contributed by atoms with Gasteiger partial charge in [0.2, 0.25) is 0 Å².